The molecule has 5 heteroatoms. The summed E-state index contributed by atoms with van der Waals surface area (Å²) < 4.78 is 11.3. The van der Waals surface area contributed by atoms with E-state index >= 15 is 0 Å². The number of morpholine rings is 1. The summed E-state index contributed by atoms with van der Waals surface area (Å²) in [4.78, 5) is 11.1. The van der Waals surface area contributed by atoms with E-state index in [-0.39, 0.29) is 0 Å². The molecule has 0 bridgehead atoms. The lowest BCUT2D eigenvalue weighted by atomic mass is 10.1. The molecule has 0 N–H and O–H groups in total. The van der Waals surface area contributed by atoms with Gasteiger partial charge in [0.2, 0.25) is 5.95 Å². The first kappa shape index (κ1) is 16.5. The van der Waals surface area contributed by atoms with Gasteiger partial charge in [0.15, 0.2) is 0 Å². The zero-order valence-corrected chi connectivity index (χ0v) is 14.5. The number of benzene rings is 2. The lowest BCUT2D eigenvalue weighted by Gasteiger charge is -2.26. The Balaban J connectivity index is 1.51. The molecule has 5 nitrogen and oxygen atoms in total. The molecule has 2 heterocycles. The Labute approximate surface area is 153 Å². The van der Waals surface area contributed by atoms with Gasteiger partial charge in [0.05, 0.1) is 25.1 Å². The summed E-state index contributed by atoms with van der Waals surface area (Å²) in [5, 5.41) is 0. The topological polar surface area (TPSA) is 47.5 Å². The second kappa shape index (κ2) is 7.97. The first-order valence-corrected chi connectivity index (χ1v) is 8.73. The van der Waals surface area contributed by atoms with E-state index in [1.165, 1.54) is 0 Å². The summed E-state index contributed by atoms with van der Waals surface area (Å²) in [7, 11) is 0. The lowest BCUT2D eigenvalue weighted by Crippen LogP contribution is -2.37. The van der Waals surface area contributed by atoms with E-state index in [1.807, 2.05) is 42.5 Å². The average Bonchev–Trinajstić information content (AvgIpc) is 2.74. The molecule has 0 amide bonds. The van der Waals surface area contributed by atoms with Gasteiger partial charge in [-0.3, -0.25) is 0 Å². The van der Waals surface area contributed by atoms with Crippen LogP contribution < -0.4 is 9.64 Å². The first-order valence-electron chi connectivity index (χ1n) is 8.73. The third kappa shape index (κ3) is 4.00. The van der Waals surface area contributed by atoms with Crippen molar-refractivity contribution in [2.24, 2.45) is 0 Å². The SMILES string of the molecule is [c]1cc(-c2cccc(OCc3ccccc3)c2)nc(N2CCOCC2)n1. The fourth-order valence-corrected chi connectivity index (χ4v) is 2.85. The van der Waals surface area contributed by atoms with Gasteiger partial charge in [0.25, 0.3) is 0 Å². The van der Waals surface area contributed by atoms with E-state index in [1.54, 1.807) is 6.07 Å². The fraction of sp³-hybridized carbons (Fsp3) is 0.238. The van der Waals surface area contributed by atoms with Gasteiger partial charge in [0.1, 0.15) is 12.4 Å². The summed E-state index contributed by atoms with van der Waals surface area (Å²) in [6.45, 7) is 3.56. The molecule has 1 aliphatic rings. The highest BCUT2D eigenvalue weighted by molar-refractivity contribution is 5.62. The largest absolute Gasteiger partial charge is 0.489 e. The number of aromatic nitrogens is 2. The fourth-order valence-electron chi connectivity index (χ4n) is 2.85. The third-order valence-corrected chi connectivity index (χ3v) is 4.26. The van der Waals surface area contributed by atoms with Crippen molar-refractivity contribution in [3.8, 4) is 17.0 Å². The highest BCUT2D eigenvalue weighted by Gasteiger charge is 2.14. The van der Waals surface area contributed by atoms with Crippen molar-refractivity contribution < 1.29 is 9.47 Å². The molecule has 0 saturated carbocycles. The summed E-state index contributed by atoms with van der Waals surface area (Å²) in [5.41, 5.74) is 2.97. The number of nitrogens with zero attached hydrogens (tertiary/aromatic N) is 3. The van der Waals surface area contributed by atoms with Crippen molar-refractivity contribution in [3.63, 3.8) is 0 Å². The van der Waals surface area contributed by atoms with E-state index in [0.29, 0.717) is 25.8 Å². The molecule has 0 spiro atoms. The van der Waals surface area contributed by atoms with Crippen molar-refractivity contribution >= 4 is 5.95 Å². The number of ether oxygens (including phenoxy) is 2. The lowest BCUT2D eigenvalue weighted by molar-refractivity contribution is 0.122. The molecular formula is C21H20N3O2. The maximum Gasteiger partial charge on any atom is 0.226 e. The highest BCUT2D eigenvalue weighted by Crippen LogP contribution is 2.24. The van der Waals surface area contributed by atoms with Gasteiger partial charge in [-0.2, -0.15) is 0 Å². The van der Waals surface area contributed by atoms with Crippen LogP contribution in [0.4, 0.5) is 5.95 Å². The molecule has 1 aliphatic heterocycles. The Morgan fingerprint density at radius 1 is 1.04 bits per heavy atom. The molecule has 1 radical (unpaired) electrons. The van der Waals surface area contributed by atoms with E-state index < -0.39 is 0 Å². The van der Waals surface area contributed by atoms with Crippen LogP contribution in [0.3, 0.4) is 0 Å². The van der Waals surface area contributed by atoms with Crippen LogP contribution in [-0.4, -0.2) is 36.3 Å². The minimum atomic E-state index is 0.541. The Kier molecular flexibility index (Phi) is 5.07. The third-order valence-electron chi connectivity index (χ3n) is 4.26. The molecule has 3 aromatic rings. The summed E-state index contributed by atoms with van der Waals surface area (Å²) in [5.74, 6) is 1.51. The van der Waals surface area contributed by atoms with Gasteiger partial charge in [0, 0.05) is 18.7 Å². The van der Waals surface area contributed by atoms with Crippen LogP contribution in [0.25, 0.3) is 11.3 Å². The van der Waals surface area contributed by atoms with Gasteiger partial charge in [-0.1, -0.05) is 42.5 Å². The molecule has 26 heavy (non-hydrogen) atoms. The number of hydrogen-bond acceptors (Lipinski definition) is 5. The van der Waals surface area contributed by atoms with Gasteiger partial charge in [-0.05, 0) is 23.8 Å². The minimum absolute atomic E-state index is 0.541. The Hall–Kier alpha value is -2.92. The van der Waals surface area contributed by atoms with E-state index in [4.69, 9.17) is 14.5 Å². The highest BCUT2D eigenvalue weighted by atomic mass is 16.5. The van der Waals surface area contributed by atoms with Crippen molar-refractivity contribution in [2.75, 3.05) is 31.2 Å². The van der Waals surface area contributed by atoms with Crippen LogP contribution >= 0.6 is 0 Å². The molecule has 1 saturated heterocycles. The van der Waals surface area contributed by atoms with Crippen LogP contribution in [-0.2, 0) is 11.3 Å². The zero-order chi connectivity index (χ0) is 17.6. The monoisotopic (exact) mass is 346 g/mol. The molecule has 0 aliphatic carbocycles. The smallest absolute Gasteiger partial charge is 0.226 e. The van der Waals surface area contributed by atoms with Gasteiger partial charge in [-0.15, -0.1) is 0 Å². The van der Waals surface area contributed by atoms with Crippen LogP contribution in [0.15, 0.2) is 60.7 Å². The Morgan fingerprint density at radius 2 is 1.88 bits per heavy atom. The quantitative estimate of drug-likeness (QED) is 0.709. The summed E-state index contributed by atoms with van der Waals surface area (Å²) in [6.07, 6.45) is 2.97. The second-order valence-electron chi connectivity index (χ2n) is 6.08. The zero-order valence-electron chi connectivity index (χ0n) is 14.5. The first-order chi connectivity index (χ1) is 12.9. The van der Waals surface area contributed by atoms with Crippen LogP contribution in [0.1, 0.15) is 5.56 Å². The normalized spacial score (nSPS) is 14.2. The van der Waals surface area contributed by atoms with Crippen molar-refractivity contribution in [3.05, 3.63) is 72.4 Å². The maximum absolute atomic E-state index is 5.92. The van der Waals surface area contributed by atoms with Gasteiger partial charge >= 0.3 is 0 Å². The second-order valence-corrected chi connectivity index (χ2v) is 6.08. The minimum Gasteiger partial charge on any atom is -0.489 e. The Morgan fingerprint density at radius 3 is 2.73 bits per heavy atom. The molecular weight excluding hydrogens is 326 g/mol. The Bertz CT molecular complexity index is 849. The molecule has 0 unspecified atom stereocenters. The van der Waals surface area contributed by atoms with Gasteiger partial charge < -0.3 is 14.4 Å². The van der Waals surface area contributed by atoms with Crippen molar-refractivity contribution in [1.29, 1.82) is 0 Å². The van der Waals surface area contributed by atoms with Crippen molar-refractivity contribution in [1.82, 2.24) is 9.97 Å². The number of hydrogen-bond donors (Lipinski definition) is 0. The molecule has 1 aromatic heterocycles. The standard InChI is InChI=1S/C21H20N3O2/c1-2-5-17(6-3-1)16-26-19-8-4-7-18(15-19)20-9-10-22-21(23-20)24-11-13-25-14-12-24/h1-9,15H,11-14,16H2. The summed E-state index contributed by atoms with van der Waals surface area (Å²) >= 11 is 0. The van der Waals surface area contributed by atoms with Crippen molar-refractivity contribution in [2.45, 2.75) is 6.61 Å². The molecule has 131 valence electrons. The van der Waals surface area contributed by atoms with Crippen LogP contribution in [0, 0.1) is 6.20 Å². The van der Waals surface area contributed by atoms with Crippen LogP contribution in [0.5, 0.6) is 5.75 Å². The van der Waals surface area contributed by atoms with Gasteiger partial charge in [-0.25, -0.2) is 9.97 Å². The molecule has 0 atom stereocenters. The maximum atomic E-state index is 5.92. The average molecular weight is 346 g/mol. The summed E-state index contributed by atoms with van der Waals surface area (Å²) in [6, 6.07) is 19.9. The van der Waals surface area contributed by atoms with E-state index in [2.05, 4.69) is 28.2 Å². The number of rotatable bonds is 5. The molecule has 2 aromatic carbocycles. The predicted molar refractivity (Wildman–Crippen MR) is 100 cm³/mol. The van der Waals surface area contributed by atoms with Crippen LogP contribution in [0.2, 0.25) is 0 Å². The molecule has 1 fully saturated rings. The number of anilines is 1. The van der Waals surface area contributed by atoms with E-state index in [0.717, 1.165) is 35.7 Å². The molecule has 4 rings (SSSR count). The van der Waals surface area contributed by atoms with E-state index in [9.17, 15) is 0 Å². The predicted octanol–water partition coefficient (Wildman–Crippen LogP) is 3.36.